The molecule has 0 radical (unpaired) electrons. The normalized spacial score (nSPS) is 12.4. The van der Waals surface area contributed by atoms with Crippen LogP contribution in [0.1, 0.15) is 74.1 Å². The van der Waals surface area contributed by atoms with Gasteiger partial charge in [0.05, 0.1) is 51.1 Å². The van der Waals surface area contributed by atoms with Crippen LogP contribution in [0.2, 0.25) is 0 Å². The molecule has 1 unspecified atom stereocenters. The second kappa shape index (κ2) is 17.0. The summed E-state index contributed by atoms with van der Waals surface area (Å²) in [4.78, 5) is 58.5. The number of ether oxygens (including phenoxy) is 6. The van der Waals surface area contributed by atoms with Crippen LogP contribution in [-0.2, 0) is 52.4 Å². The highest BCUT2D eigenvalue weighted by molar-refractivity contribution is 5.86. The average Bonchev–Trinajstić information content (AvgIpc) is 2.75. The summed E-state index contributed by atoms with van der Waals surface area (Å²) in [6, 6.07) is 0. The van der Waals surface area contributed by atoms with Crippen molar-refractivity contribution >= 4 is 29.7 Å². The van der Waals surface area contributed by atoms with Gasteiger partial charge in [0.1, 0.15) is 19.0 Å². The first-order valence-corrected chi connectivity index (χ1v) is 12.0. The maximum absolute atomic E-state index is 11.8. The van der Waals surface area contributed by atoms with Crippen molar-refractivity contribution in [1.82, 2.24) is 0 Å². The SMILES string of the molecule is CC(OC(=O)CCC(=O)OCCOCCOCCOC(=O)CCC(=O)C(C)(C)C)OC(=O)C(C)(C)C. The lowest BCUT2D eigenvalue weighted by Gasteiger charge is -2.20. The molecule has 11 nitrogen and oxygen atoms in total. The van der Waals surface area contributed by atoms with Crippen LogP contribution in [-0.4, -0.2) is 75.6 Å². The Kier molecular flexibility index (Phi) is 15.8. The third-order valence-corrected chi connectivity index (χ3v) is 4.46. The molecule has 0 aromatic rings. The van der Waals surface area contributed by atoms with Crippen molar-refractivity contribution in [3.05, 3.63) is 0 Å². The third kappa shape index (κ3) is 17.8. The van der Waals surface area contributed by atoms with Gasteiger partial charge < -0.3 is 28.4 Å². The minimum atomic E-state index is -1.05. The molecule has 0 bridgehead atoms. The molecule has 0 rings (SSSR count). The summed E-state index contributed by atoms with van der Waals surface area (Å²) >= 11 is 0. The van der Waals surface area contributed by atoms with E-state index in [2.05, 4.69) is 0 Å². The van der Waals surface area contributed by atoms with Gasteiger partial charge in [-0.1, -0.05) is 20.8 Å². The van der Waals surface area contributed by atoms with Crippen LogP contribution in [0.5, 0.6) is 0 Å². The van der Waals surface area contributed by atoms with E-state index in [1.807, 2.05) is 0 Å². The number of Topliss-reactive ketones (excluding diaryl/α,β-unsaturated/α-hetero) is 1. The highest BCUT2D eigenvalue weighted by Crippen LogP contribution is 2.18. The van der Waals surface area contributed by atoms with Crippen molar-refractivity contribution in [2.45, 2.75) is 80.4 Å². The quantitative estimate of drug-likeness (QED) is 0.121. The first-order chi connectivity index (χ1) is 16.6. The summed E-state index contributed by atoms with van der Waals surface area (Å²) in [5.74, 6) is -2.21. The second-order valence-corrected chi connectivity index (χ2v) is 10.1. The maximum atomic E-state index is 11.8. The predicted octanol–water partition coefficient (Wildman–Crippen LogP) is 2.76. The molecule has 0 aromatic carbocycles. The molecule has 36 heavy (non-hydrogen) atoms. The van der Waals surface area contributed by atoms with Crippen LogP contribution >= 0.6 is 0 Å². The molecule has 0 amide bonds. The largest absolute Gasteiger partial charge is 0.463 e. The lowest BCUT2D eigenvalue weighted by molar-refractivity contribution is -0.191. The molecule has 1 atom stereocenters. The van der Waals surface area contributed by atoms with Gasteiger partial charge in [0.15, 0.2) is 0 Å². The molecule has 0 aliphatic heterocycles. The van der Waals surface area contributed by atoms with E-state index in [-0.39, 0.29) is 71.1 Å². The summed E-state index contributed by atoms with van der Waals surface area (Å²) in [5, 5.41) is 0. The Labute approximate surface area is 213 Å². The highest BCUT2D eigenvalue weighted by Gasteiger charge is 2.26. The van der Waals surface area contributed by atoms with Gasteiger partial charge >= 0.3 is 23.9 Å². The number of rotatable bonds is 17. The van der Waals surface area contributed by atoms with Gasteiger partial charge in [-0.15, -0.1) is 0 Å². The summed E-state index contributed by atoms with van der Waals surface area (Å²) in [7, 11) is 0. The van der Waals surface area contributed by atoms with Gasteiger partial charge in [-0.25, -0.2) is 0 Å². The lowest BCUT2D eigenvalue weighted by atomic mass is 9.88. The van der Waals surface area contributed by atoms with Gasteiger partial charge in [0.25, 0.3) is 0 Å². The maximum Gasteiger partial charge on any atom is 0.314 e. The number of hydrogen-bond donors (Lipinski definition) is 0. The van der Waals surface area contributed by atoms with Gasteiger partial charge in [-0.05, 0) is 20.8 Å². The fourth-order valence-electron chi connectivity index (χ4n) is 2.29. The monoisotopic (exact) mass is 518 g/mol. The molecular formula is C25H42O11. The van der Waals surface area contributed by atoms with Crippen LogP contribution in [0.15, 0.2) is 0 Å². The van der Waals surface area contributed by atoms with E-state index >= 15 is 0 Å². The highest BCUT2D eigenvalue weighted by atomic mass is 16.7. The minimum Gasteiger partial charge on any atom is -0.463 e. The molecule has 0 saturated heterocycles. The molecule has 0 aliphatic rings. The van der Waals surface area contributed by atoms with Crippen LogP contribution < -0.4 is 0 Å². The Morgan fingerprint density at radius 2 is 0.972 bits per heavy atom. The van der Waals surface area contributed by atoms with Crippen LogP contribution in [0, 0.1) is 10.8 Å². The minimum absolute atomic E-state index is 0.00609. The summed E-state index contributed by atoms with van der Waals surface area (Å²) in [5.41, 5.74) is -1.19. The number of esters is 4. The molecule has 0 aromatic heterocycles. The second-order valence-electron chi connectivity index (χ2n) is 10.1. The van der Waals surface area contributed by atoms with Gasteiger partial charge in [0, 0.05) is 18.8 Å². The van der Waals surface area contributed by atoms with Crippen molar-refractivity contribution in [3.63, 3.8) is 0 Å². The van der Waals surface area contributed by atoms with Crippen LogP contribution in [0.4, 0.5) is 0 Å². The topological polar surface area (TPSA) is 141 Å². The van der Waals surface area contributed by atoms with Gasteiger partial charge in [0.2, 0.25) is 6.29 Å². The smallest absolute Gasteiger partial charge is 0.314 e. The first-order valence-electron chi connectivity index (χ1n) is 12.0. The van der Waals surface area contributed by atoms with E-state index < -0.39 is 41.0 Å². The van der Waals surface area contributed by atoms with E-state index in [0.29, 0.717) is 0 Å². The zero-order chi connectivity index (χ0) is 27.8. The lowest BCUT2D eigenvalue weighted by Crippen LogP contribution is -2.29. The van der Waals surface area contributed by atoms with E-state index in [9.17, 15) is 24.0 Å². The number of carbonyl (C=O) groups is 5. The van der Waals surface area contributed by atoms with E-state index in [0.717, 1.165) is 0 Å². The fourth-order valence-corrected chi connectivity index (χ4v) is 2.29. The Bertz CT molecular complexity index is 716. The zero-order valence-corrected chi connectivity index (χ0v) is 22.6. The molecule has 0 aliphatic carbocycles. The third-order valence-electron chi connectivity index (χ3n) is 4.46. The van der Waals surface area contributed by atoms with Crippen LogP contribution in [0.25, 0.3) is 0 Å². The average molecular weight is 519 g/mol. The molecular weight excluding hydrogens is 476 g/mol. The predicted molar refractivity (Wildman–Crippen MR) is 128 cm³/mol. The van der Waals surface area contributed by atoms with E-state index in [1.165, 1.54) is 6.92 Å². The van der Waals surface area contributed by atoms with Crippen molar-refractivity contribution in [2.75, 3.05) is 39.6 Å². The molecule has 0 fully saturated rings. The molecule has 0 saturated carbocycles. The summed E-state index contributed by atoms with van der Waals surface area (Å²) < 4.78 is 30.4. The van der Waals surface area contributed by atoms with Crippen molar-refractivity contribution in [1.29, 1.82) is 0 Å². The first kappa shape index (κ1) is 33.5. The number of hydrogen-bond acceptors (Lipinski definition) is 11. The Hall–Kier alpha value is -2.53. The fraction of sp³-hybridized carbons (Fsp3) is 0.800. The Morgan fingerprint density at radius 3 is 1.42 bits per heavy atom. The number of carbonyl (C=O) groups excluding carboxylic acids is 5. The molecule has 0 spiro atoms. The summed E-state index contributed by atoms with van der Waals surface area (Å²) in [6.07, 6.45) is -1.23. The summed E-state index contributed by atoms with van der Waals surface area (Å²) in [6.45, 7) is 12.8. The molecule has 208 valence electrons. The Morgan fingerprint density at radius 1 is 0.556 bits per heavy atom. The van der Waals surface area contributed by atoms with Crippen molar-refractivity contribution in [2.24, 2.45) is 10.8 Å². The standard InChI is InChI=1S/C25H42O11/c1-18(36-23(30)25(5,6)7)35-22(29)11-10-21(28)34-17-15-32-13-12-31-14-16-33-20(27)9-8-19(26)24(2,3)4/h18H,8-17H2,1-7H3. The van der Waals surface area contributed by atoms with Crippen LogP contribution in [0.3, 0.4) is 0 Å². The molecule has 11 heteroatoms. The number of ketones is 1. The Balaban J connectivity index is 3.66. The zero-order valence-electron chi connectivity index (χ0n) is 22.6. The van der Waals surface area contributed by atoms with Gasteiger partial charge in [-0.3, -0.25) is 24.0 Å². The van der Waals surface area contributed by atoms with Gasteiger partial charge in [-0.2, -0.15) is 0 Å². The van der Waals surface area contributed by atoms with Crippen molar-refractivity contribution in [3.8, 4) is 0 Å². The van der Waals surface area contributed by atoms with Crippen molar-refractivity contribution < 1.29 is 52.4 Å². The van der Waals surface area contributed by atoms with E-state index in [4.69, 9.17) is 28.4 Å². The molecule has 0 heterocycles. The van der Waals surface area contributed by atoms with E-state index in [1.54, 1.807) is 41.5 Å². The molecule has 0 N–H and O–H groups in total.